The van der Waals surface area contributed by atoms with Crippen LogP contribution in [0.15, 0.2) is 94.5 Å². The SMILES string of the molecule is COc1ccc(C(OC[C@@H]2O[C@@H](n3c(C#N)cc(=O)[nH]c3=O)[C@H](O[Si](C)(C)C(C)(C)C)[C@@H]2C(CC#N)OP(O)N(C(C)C)C(C)C)(c2ccccc2)c2ccc(OC)cc2)cc1. The van der Waals surface area contributed by atoms with E-state index in [2.05, 4.69) is 44.9 Å². The highest BCUT2D eigenvalue weighted by molar-refractivity contribution is 7.43. The first kappa shape index (κ1) is 48.4. The zero-order valence-corrected chi connectivity index (χ0v) is 39.4. The summed E-state index contributed by atoms with van der Waals surface area (Å²) >= 11 is 0. The Morgan fingerprint density at radius 1 is 0.887 bits per heavy atom. The summed E-state index contributed by atoms with van der Waals surface area (Å²) < 4.78 is 42.3. The third-order valence-electron chi connectivity index (χ3n) is 11.8. The third kappa shape index (κ3) is 10.2. The highest BCUT2D eigenvalue weighted by Gasteiger charge is 2.56. The van der Waals surface area contributed by atoms with E-state index in [1.807, 2.05) is 117 Å². The summed E-state index contributed by atoms with van der Waals surface area (Å²) in [6.45, 7) is 18.0. The average Bonchev–Trinajstić information content (AvgIpc) is 3.56. The summed E-state index contributed by atoms with van der Waals surface area (Å²) in [6, 6.07) is 30.0. The van der Waals surface area contributed by atoms with E-state index < -0.39 is 64.2 Å². The Labute approximate surface area is 367 Å². The highest BCUT2D eigenvalue weighted by atomic mass is 31.2. The topological polar surface area (TPSA) is 181 Å². The first-order valence-electron chi connectivity index (χ1n) is 20.7. The van der Waals surface area contributed by atoms with Crippen LogP contribution in [0.1, 0.15) is 83.5 Å². The number of nitriles is 2. The number of methoxy groups -OCH3 is 2. The van der Waals surface area contributed by atoms with Gasteiger partial charge in [0, 0.05) is 24.1 Å². The second-order valence-electron chi connectivity index (χ2n) is 17.4. The molecule has 0 radical (unpaired) electrons. The van der Waals surface area contributed by atoms with Gasteiger partial charge in [0.15, 0.2) is 14.5 Å². The minimum Gasteiger partial charge on any atom is -0.497 e. The molecule has 1 fully saturated rings. The maximum atomic E-state index is 13.9. The molecule has 3 aromatic carbocycles. The lowest BCUT2D eigenvalue weighted by Gasteiger charge is -2.43. The number of aromatic nitrogens is 2. The lowest BCUT2D eigenvalue weighted by atomic mass is 9.79. The van der Waals surface area contributed by atoms with Gasteiger partial charge in [-0.05, 0) is 86.8 Å². The van der Waals surface area contributed by atoms with Crippen LogP contribution in [0.2, 0.25) is 18.1 Å². The molecule has 6 atom stereocenters. The summed E-state index contributed by atoms with van der Waals surface area (Å²) in [7, 11) is -1.87. The first-order chi connectivity index (χ1) is 29.3. The van der Waals surface area contributed by atoms with E-state index in [-0.39, 0.29) is 35.8 Å². The van der Waals surface area contributed by atoms with Crippen LogP contribution in [0.3, 0.4) is 0 Å². The van der Waals surface area contributed by atoms with Crippen molar-refractivity contribution in [3.63, 3.8) is 0 Å². The molecule has 16 heteroatoms. The fraction of sp³-hybridized carbons (Fsp3) is 0.478. The van der Waals surface area contributed by atoms with E-state index in [0.29, 0.717) is 11.5 Å². The van der Waals surface area contributed by atoms with E-state index in [0.717, 1.165) is 27.3 Å². The number of hydrogen-bond acceptors (Lipinski definition) is 12. The molecule has 1 aromatic heterocycles. The normalized spacial score (nSPS) is 19.3. The Kier molecular flexibility index (Phi) is 15.8. The summed E-state index contributed by atoms with van der Waals surface area (Å²) in [5.41, 5.74) is -0.854. The van der Waals surface area contributed by atoms with Gasteiger partial charge in [-0.1, -0.05) is 75.4 Å². The standard InChI is InChI=1S/C46H60N5O9PSi/c1-30(2)51(31(3)4)61(54)59-38(25-26-47)41-39(58-43(42(41)60-62(10,11)45(5,6)7)50-35(28-48)27-40(52)49-44(50)53)29-57-46(32-15-13-12-14-16-32,33-17-21-36(55-8)22-18-33)34-19-23-37(56-9)24-20-34/h12-24,27,30-31,38-39,41-43,54H,25,29H2,1-11H3,(H,49,52,53)/t38?,39-,41+,42+,43+,61?/m0/s1. The van der Waals surface area contributed by atoms with E-state index in [1.165, 1.54) is 0 Å². The Morgan fingerprint density at radius 2 is 1.42 bits per heavy atom. The summed E-state index contributed by atoms with van der Waals surface area (Å²) in [5.74, 6) is 0.413. The van der Waals surface area contributed by atoms with Gasteiger partial charge in [-0.15, -0.1) is 0 Å². The van der Waals surface area contributed by atoms with Gasteiger partial charge in [-0.3, -0.25) is 14.3 Å². The second-order valence-corrected chi connectivity index (χ2v) is 23.4. The molecule has 4 aromatic rings. The van der Waals surface area contributed by atoms with Crippen LogP contribution in [-0.4, -0.2) is 78.7 Å². The van der Waals surface area contributed by atoms with Crippen molar-refractivity contribution in [2.24, 2.45) is 5.92 Å². The molecule has 0 bridgehead atoms. The molecular formula is C46H60N5O9PSi. The fourth-order valence-corrected chi connectivity index (χ4v) is 10.5. The molecule has 1 aliphatic heterocycles. The minimum absolute atomic E-state index is 0.113. The molecule has 2 heterocycles. The Balaban J connectivity index is 1.79. The maximum Gasteiger partial charge on any atom is 0.331 e. The van der Waals surface area contributed by atoms with Gasteiger partial charge in [0.2, 0.25) is 0 Å². The minimum atomic E-state index is -2.79. The van der Waals surface area contributed by atoms with Gasteiger partial charge in [0.05, 0.1) is 51.6 Å². The van der Waals surface area contributed by atoms with Gasteiger partial charge in [-0.25, -0.2) is 9.46 Å². The number of nitrogens with one attached hydrogen (secondary N) is 1. The summed E-state index contributed by atoms with van der Waals surface area (Å²) in [5, 5.41) is 20.5. The van der Waals surface area contributed by atoms with Gasteiger partial charge in [0.1, 0.15) is 28.9 Å². The number of ether oxygens (including phenoxy) is 4. The van der Waals surface area contributed by atoms with Crippen molar-refractivity contribution in [3.05, 3.63) is 128 Å². The van der Waals surface area contributed by atoms with Crippen LogP contribution in [0, 0.1) is 28.6 Å². The Bertz CT molecular complexity index is 2250. The van der Waals surface area contributed by atoms with Crippen molar-refractivity contribution in [3.8, 4) is 23.6 Å². The Hall–Kier alpha value is -4.67. The van der Waals surface area contributed by atoms with Crippen molar-refractivity contribution in [1.82, 2.24) is 14.2 Å². The van der Waals surface area contributed by atoms with Gasteiger partial charge in [0.25, 0.3) is 14.1 Å². The summed E-state index contributed by atoms with van der Waals surface area (Å²) in [6.07, 6.45) is -4.54. The van der Waals surface area contributed by atoms with Gasteiger partial charge in [-0.2, -0.15) is 10.5 Å². The lowest BCUT2D eigenvalue weighted by molar-refractivity contribution is -0.0943. The van der Waals surface area contributed by atoms with Crippen molar-refractivity contribution in [1.29, 1.82) is 10.5 Å². The quantitative estimate of drug-likeness (QED) is 0.0560. The molecule has 332 valence electrons. The van der Waals surface area contributed by atoms with E-state index >= 15 is 0 Å². The van der Waals surface area contributed by atoms with E-state index in [9.17, 15) is 25.0 Å². The van der Waals surface area contributed by atoms with Crippen LogP contribution in [0.25, 0.3) is 0 Å². The number of H-pyrrole nitrogens is 1. The maximum absolute atomic E-state index is 13.9. The molecule has 0 amide bonds. The van der Waals surface area contributed by atoms with Crippen LogP contribution in [0.4, 0.5) is 0 Å². The molecule has 5 rings (SSSR count). The lowest BCUT2D eigenvalue weighted by Crippen LogP contribution is -2.51. The molecule has 2 N–H and O–H groups in total. The smallest absolute Gasteiger partial charge is 0.331 e. The second kappa shape index (κ2) is 20.2. The highest BCUT2D eigenvalue weighted by Crippen LogP contribution is 2.51. The van der Waals surface area contributed by atoms with Gasteiger partial charge >= 0.3 is 5.69 Å². The van der Waals surface area contributed by atoms with Crippen molar-refractivity contribution in [2.75, 3.05) is 20.8 Å². The first-order valence-corrected chi connectivity index (χ1v) is 24.8. The molecule has 2 unspecified atom stereocenters. The third-order valence-corrected chi connectivity index (χ3v) is 18.1. The fourth-order valence-electron chi connectivity index (χ4n) is 7.84. The van der Waals surface area contributed by atoms with E-state index in [4.69, 9.17) is 27.9 Å². The molecule has 0 aliphatic carbocycles. The van der Waals surface area contributed by atoms with Crippen LogP contribution >= 0.6 is 8.53 Å². The Morgan fingerprint density at radius 3 is 1.89 bits per heavy atom. The predicted octanol–water partition coefficient (Wildman–Crippen LogP) is 7.98. The zero-order chi connectivity index (χ0) is 45.6. The predicted molar refractivity (Wildman–Crippen MR) is 240 cm³/mol. The van der Waals surface area contributed by atoms with Crippen molar-refractivity contribution >= 4 is 16.8 Å². The van der Waals surface area contributed by atoms with Crippen molar-refractivity contribution in [2.45, 2.75) is 115 Å². The monoisotopic (exact) mass is 885 g/mol. The largest absolute Gasteiger partial charge is 0.497 e. The van der Waals surface area contributed by atoms with Crippen LogP contribution < -0.4 is 20.7 Å². The number of hydrogen-bond donors (Lipinski definition) is 2. The average molecular weight is 886 g/mol. The number of aromatic amines is 1. The number of rotatable bonds is 18. The van der Waals surface area contributed by atoms with Crippen LogP contribution in [-0.2, 0) is 24.0 Å². The van der Waals surface area contributed by atoms with Gasteiger partial charge < -0.3 is 32.8 Å². The molecule has 14 nitrogen and oxygen atoms in total. The van der Waals surface area contributed by atoms with Crippen molar-refractivity contribution < 1.29 is 32.8 Å². The zero-order valence-electron chi connectivity index (χ0n) is 37.5. The molecule has 62 heavy (non-hydrogen) atoms. The summed E-state index contributed by atoms with van der Waals surface area (Å²) in [4.78, 5) is 40.6. The molecule has 1 saturated heterocycles. The molecule has 0 saturated carbocycles. The number of nitrogens with zero attached hydrogens (tertiary/aromatic N) is 4. The molecular weight excluding hydrogens is 826 g/mol. The number of benzene rings is 3. The molecule has 1 aliphatic rings. The van der Waals surface area contributed by atoms with E-state index in [1.54, 1.807) is 14.2 Å². The van der Waals surface area contributed by atoms with Crippen LogP contribution in [0.5, 0.6) is 11.5 Å². The molecule has 0 spiro atoms.